The molecule has 0 amide bonds. The Morgan fingerprint density at radius 3 is 2.26 bits per heavy atom. The van der Waals surface area contributed by atoms with E-state index >= 15 is 0 Å². The Morgan fingerprint density at radius 2 is 1.68 bits per heavy atom. The van der Waals surface area contributed by atoms with Gasteiger partial charge >= 0.3 is 0 Å². The number of thiocarbonyl (C=S) groups is 1. The SMILES string of the molecule is COc1ccc(NC(=S)Nc2ccc(C)cc2)cn1. The smallest absolute Gasteiger partial charge is 0.213 e. The average molecular weight is 273 g/mol. The lowest BCUT2D eigenvalue weighted by Gasteiger charge is -2.10. The van der Waals surface area contributed by atoms with Gasteiger partial charge < -0.3 is 15.4 Å². The largest absolute Gasteiger partial charge is 0.481 e. The van der Waals surface area contributed by atoms with Crippen LogP contribution in [0, 0.1) is 6.92 Å². The molecule has 19 heavy (non-hydrogen) atoms. The minimum atomic E-state index is 0.524. The summed E-state index contributed by atoms with van der Waals surface area (Å²) in [6, 6.07) is 11.6. The van der Waals surface area contributed by atoms with Crippen LogP contribution in [0.4, 0.5) is 11.4 Å². The molecule has 2 aromatic rings. The maximum Gasteiger partial charge on any atom is 0.213 e. The van der Waals surface area contributed by atoms with Gasteiger partial charge in [-0.3, -0.25) is 0 Å². The van der Waals surface area contributed by atoms with E-state index in [1.807, 2.05) is 37.3 Å². The third-order valence-electron chi connectivity index (χ3n) is 2.51. The second kappa shape index (κ2) is 6.15. The summed E-state index contributed by atoms with van der Waals surface area (Å²) < 4.78 is 4.99. The molecule has 0 atom stereocenters. The molecule has 1 aromatic carbocycles. The molecule has 0 bridgehead atoms. The number of hydrogen-bond acceptors (Lipinski definition) is 3. The van der Waals surface area contributed by atoms with E-state index in [0.29, 0.717) is 11.0 Å². The Labute approximate surface area is 117 Å². The number of benzene rings is 1. The van der Waals surface area contributed by atoms with Crippen molar-refractivity contribution in [1.29, 1.82) is 0 Å². The maximum atomic E-state index is 5.23. The second-order valence-corrected chi connectivity index (χ2v) is 4.44. The molecule has 0 aliphatic rings. The normalized spacial score (nSPS) is 9.79. The molecule has 0 saturated carbocycles. The highest BCUT2D eigenvalue weighted by Crippen LogP contribution is 2.12. The lowest BCUT2D eigenvalue weighted by atomic mass is 10.2. The van der Waals surface area contributed by atoms with E-state index in [2.05, 4.69) is 15.6 Å². The van der Waals surface area contributed by atoms with Crippen molar-refractivity contribution in [3.8, 4) is 5.88 Å². The first-order chi connectivity index (χ1) is 9.17. The Kier molecular flexibility index (Phi) is 4.30. The monoisotopic (exact) mass is 273 g/mol. The molecule has 2 N–H and O–H groups in total. The van der Waals surface area contributed by atoms with E-state index < -0.39 is 0 Å². The van der Waals surface area contributed by atoms with Crippen molar-refractivity contribution in [2.75, 3.05) is 17.7 Å². The van der Waals surface area contributed by atoms with Crippen LogP contribution >= 0.6 is 12.2 Å². The molecule has 5 heteroatoms. The Hall–Kier alpha value is -2.14. The number of ether oxygens (including phenoxy) is 1. The van der Waals surface area contributed by atoms with Crippen LogP contribution < -0.4 is 15.4 Å². The summed E-state index contributed by atoms with van der Waals surface area (Å²) in [4.78, 5) is 4.10. The minimum absolute atomic E-state index is 0.524. The van der Waals surface area contributed by atoms with Crippen molar-refractivity contribution in [3.63, 3.8) is 0 Å². The number of anilines is 2. The second-order valence-electron chi connectivity index (χ2n) is 4.03. The van der Waals surface area contributed by atoms with Gasteiger partial charge in [0.1, 0.15) is 0 Å². The summed E-state index contributed by atoms with van der Waals surface area (Å²) >= 11 is 5.23. The third kappa shape index (κ3) is 3.93. The van der Waals surface area contributed by atoms with Crippen molar-refractivity contribution >= 4 is 28.7 Å². The first-order valence-electron chi connectivity index (χ1n) is 5.82. The van der Waals surface area contributed by atoms with Gasteiger partial charge in [-0.25, -0.2) is 4.98 Å². The van der Waals surface area contributed by atoms with E-state index in [0.717, 1.165) is 11.4 Å². The zero-order valence-corrected chi connectivity index (χ0v) is 11.6. The summed E-state index contributed by atoms with van der Waals surface area (Å²) in [6.07, 6.45) is 1.67. The van der Waals surface area contributed by atoms with Gasteiger partial charge in [0.15, 0.2) is 5.11 Å². The van der Waals surface area contributed by atoms with Crippen LogP contribution in [0.5, 0.6) is 5.88 Å². The fraction of sp³-hybridized carbons (Fsp3) is 0.143. The zero-order chi connectivity index (χ0) is 13.7. The number of aromatic nitrogens is 1. The lowest BCUT2D eigenvalue weighted by Crippen LogP contribution is -2.19. The quantitative estimate of drug-likeness (QED) is 0.841. The van der Waals surface area contributed by atoms with Gasteiger partial charge in [-0.2, -0.15) is 0 Å². The van der Waals surface area contributed by atoms with E-state index in [-0.39, 0.29) is 0 Å². The molecular weight excluding hydrogens is 258 g/mol. The Bertz CT molecular complexity index is 552. The van der Waals surface area contributed by atoms with Crippen LogP contribution in [0.1, 0.15) is 5.56 Å². The molecule has 1 heterocycles. The summed E-state index contributed by atoms with van der Waals surface area (Å²) in [5, 5.41) is 6.69. The van der Waals surface area contributed by atoms with Crippen molar-refractivity contribution in [2.24, 2.45) is 0 Å². The summed E-state index contributed by atoms with van der Waals surface area (Å²) in [7, 11) is 1.58. The highest BCUT2D eigenvalue weighted by atomic mass is 32.1. The molecule has 98 valence electrons. The molecule has 0 aliphatic heterocycles. The number of nitrogens with zero attached hydrogens (tertiary/aromatic N) is 1. The van der Waals surface area contributed by atoms with Crippen LogP contribution in [0.2, 0.25) is 0 Å². The topological polar surface area (TPSA) is 46.2 Å². The van der Waals surface area contributed by atoms with Gasteiger partial charge in [-0.05, 0) is 37.3 Å². The van der Waals surface area contributed by atoms with E-state index in [9.17, 15) is 0 Å². The lowest BCUT2D eigenvalue weighted by molar-refractivity contribution is 0.398. The van der Waals surface area contributed by atoms with Crippen LogP contribution in [0.25, 0.3) is 0 Å². The van der Waals surface area contributed by atoms with Gasteiger partial charge in [0.25, 0.3) is 0 Å². The fourth-order valence-electron chi connectivity index (χ4n) is 1.51. The summed E-state index contributed by atoms with van der Waals surface area (Å²) in [5.74, 6) is 0.572. The van der Waals surface area contributed by atoms with E-state index in [1.54, 1.807) is 19.4 Å². The fourth-order valence-corrected chi connectivity index (χ4v) is 1.74. The van der Waals surface area contributed by atoms with Crippen molar-refractivity contribution < 1.29 is 4.74 Å². The number of aryl methyl sites for hydroxylation is 1. The van der Waals surface area contributed by atoms with Crippen LogP contribution in [0.15, 0.2) is 42.6 Å². The van der Waals surface area contributed by atoms with Crippen LogP contribution in [-0.4, -0.2) is 17.2 Å². The first-order valence-corrected chi connectivity index (χ1v) is 6.23. The van der Waals surface area contributed by atoms with Crippen molar-refractivity contribution in [1.82, 2.24) is 4.98 Å². The number of nitrogens with one attached hydrogen (secondary N) is 2. The predicted molar refractivity (Wildman–Crippen MR) is 81.8 cm³/mol. The van der Waals surface area contributed by atoms with Gasteiger partial charge in [0, 0.05) is 11.8 Å². The number of pyridine rings is 1. The first kappa shape index (κ1) is 13.3. The average Bonchev–Trinajstić information content (AvgIpc) is 2.42. The van der Waals surface area contributed by atoms with Gasteiger partial charge in [0.05, 0.1) is 19.0 Å². The van der Waals surface area contributed by atoms with E-state index in [1.165, 1.54) is 5.56 Å². The molecule has 0 fully saturated rings. The Balaban J connectivity index is 1.95. The number of hydrogen-bond donors (Lipinski definition) is 2. The van der Waals surface area contributed by atoms with Crippen LogP contribution in [-0.2, 0) is 0 Å². The standard InChI is InChI=1S/C14H15N3OS/c1-10-3-5-11(6-4-10)16-14(19)17-12-7-8-13(18-2)15-9-12/h3-9H,1-2H3,(H2,16,17,19). The number of rotatable bonds is 3. The van der Waals surface area contributed by atoms with Gasteiger partial charge in [0.2, 0.25) is 5.88 Å². The molecule has 0 spiro atoms. The van der Waals surface area contributed by atoms with Crippen molar-refractivity contribution in [3.05, 3.63) is 48.2 Å². The molecular formula is C14H15N3OS. The molecule has 0 radical (unpaired) electrons. The van der Waals surface area contributed by atoms with E-state index in [4.69, 9.17) is 17.0 Å². The maximum absolute atomic E-state index is 5.23. The highest BCUT2D eigenvalue weighted by Gasteiger charge is 2.00. The van der Waals surface area contributed by atoms with Gasteiger partial charge in [-0.1, -0.05) is 17.7 Å². The predicted octanol–water partition coefficient (Wildman–Crippen LogP) is 3.21. The Morgan fingerprint density at radius 1 is 1.05 bits per heavy atom. The molecule has 4 nitrogen and oxygen atoms in total. The van der Waals surface area contributed by atoms with Crippen LogP contribution in [0.3, 0.4) is 0 Å². The molecule has 2 rings (SSSR count). The third-order valence-corrected chi connectivity index (χ3v) is 2.72. The molecule has 0 saturated heterocycles. The zero-order valence-electron chi connectivity index (χ0n) is 10.8. The summed E-state index contributed by atoms with van der Waals surface area (Å²) in [5.41, 5.74) is 2.97. The van der Waals surface area contributed by atoms with Crippen molar-refractivity contribution in [2.45, 2.75) is 6.92 Å². The molecule has 0 unspecified atom stereocenters. The minimum Gasteiger partial charge on any atom is -0.481 e. The summed E-state index contributed by atoms with van der Waals surface area (Å²) in [6.45, 7) is 2.05. The number of methoxy groups -OCH3 is 1. The molecule has 0 aliphatic carbocycles. The molecule has 1 aromatic heterocycles. The van der Waals surface area contributed by atoms with Gasteiger partial charge in [-0.15, -0.1) is 0 Å². The highest BCUT2D eigenvalue weighted by molar-refractivity contribution is 7.80.